The number of furan rings is 1. The molecule has 0 radical (unpaired) electrons. The monoisotopic (exact) mass is 583 g/mol. The van der Waals surface area contributed by atoms with Gasteiger partial charge in [-0.15, -0.1) is 11.3 Å². The van der Waals surface area contributed by atoms with Crippen LogP contribution in [0.2, 0.25) is 5.02 Å². The highest BCUT2D eigenvalue weighted by atomic mass is 79.9. The zero-order valence-electron chi connectivity index (χ0n) is 18.2. The maximum absolute atomic E-state index is 13.2. The Morgan fingerprint density at radius 3 is 2.57 bits per heavy atom. The summed E-state index contributed by atoms with van der Waals surface area (Å²) < 4.78 is 53.1. The standard InChI is InChI=1S/C24H18BrClF3N3O2S/c1-33-11-10-30-23-32(21(14-35-23)15-2-5-17(25)6-3-15)31-13-18-7-9-22(34-18)16-4-8-20(26)19(12-16)24(27,28)29/h2-9,12-14H,10-11H2,1H3. The van der Waals surface area contributed by atoms with Crippen LogP contribution in [-0.2, 0) is 10.9 Å². The third-order valence-corrected chi connectivity index (χ3v) is 6.56. The average Bonchev–Trinajstić information content (AvgIpc) is 3.45. The molecule has 0 atom stereocenters. The van der Waals surface area contributed by atoms with Crippen LogP contribution in [0.1, 0.15) is 11.3 Å². The largest absolute Gasteiger partial charge is 0.455 e. The number of alkyl halides is 3. The van der Waals surface area contributed by atoms with E-state index in [0.717, 1.165) is 21.8 Å². The van der Waals surface area contributed by atoms with Crippen molar-refractivity contribution in [1.29, 1.82) is 0 Å². The molecule has 0 unspecified atom stereocenters. The molecule has 4 rings (SSSR count). The molecule has 0 N–H and O–H groups in total. The Morgan fingerprint density at radius 2 is 1.86 bits per heavy atom. The molecular weight excluding hydrogens is 567 g/mol. The van der Waals surface area contributed by atoms with Crippen LogP contribution < -0.4 is 4.80 Å². The van der Waals surface area contributed by atoms with E-state index in [1.807, 2.05) is 29.6 Å². The predicted octanol–water partition coefficient (Wildman–Crippen LogP) is 7.34. The Hall–Kier alpha value is -2.66. The topological polar surface area (TPSA) is 52.0 Å². The third-order valence-electron chi connectivity index (χ3n) is 4.85. The lowest BCUT2D eigenvalue weighted by atomic mass is 10.1. The molecule has 5 nitrogen and oxygen atoms in total. The Balaban J connectivity index is 1.67. The van der Waals surface area contributed by atoms with Crippen molar-refractivity contribution in [1.82, 2.24) is 4.68 Å². The minimum absolute atomic E-state index is 0.260. The molecule has 2 heterocycles. The Bertz CT molecular complexity index is 1410. The van der Waals surface area contributed by atoms with E-state index in [1.54, 1.807) is 23.9 Å². The number of nitrogens with zero attached hydrogens (tertiary/aromatic N) is 3. The molecule has 0 spiro atoms. The summed E-state index contributed by atoms with van der Waals surface area (Å²) in [5.41, 5.74) is 1.11. The maximum Gasteiger partial charge on any atom is 0.417 e. The molecule has 11 heteroatoms. The van der Waals surface area contributed by atoms with Gasteiger partial charge in [-0.25, -0.2) is 4.68 Å². The Labute approximate surface area is 216 Å². The first-order valence-electron chi connectivity index (χ1n) is 10.2. The van der Waals surface area contributed by atoms with Crippen molar-refractivity contribution < 1.29 is 22.3 Å². The molecule has 0 saturated carbocycles. The van der Waals surface area contributed by atoms with Gasteiger partial charge in [0.2, 0.25) is 4.80 Å². The number of hydrogen-bond acceptors (Lipinski definition) is 5. The van der Waals surface area contributed by atoms with Crippen LogP contribution in [0.25, 0.3) is 22.6 Å². The minimum atomic E-state index is -4.56. The smallest absolute Gasteiger partial charge is 0.417 e. The summed E-state index contributed by atoms with van der Waals surface area (Å²) in [5.74, 6) is 0.633. The lowest BCUT2D eigenvalue weighted by Crippen LogP contribution is -2.13. The van der Waals surface area contributed by atoms with Crippen LogP contribution >= 0.6 is 38.9 Å². The molecule has 0 bridgehead atoms. The molecule has 35 heavy (non-hydrogen) atoms. The van der Waals surface area contributed by atoms with E-state index >= 15 is 0 Å². The van der Waals surface area contributed by atoms with Crippen molar-refractivity contribution in [2.24, 2.45) is 10.1 Å². The first kappa shape index (κ1) is 25.4. The number of hydrogen-bond donors (Lipinski definition) is 0. The molecule has 0 fully saturated rings. The number of ether oxygens (including phenoxy) is 1. The molecule has 4 aromatic rings. The van der Waals surface area contributed by atoms with Crippen molar-refractivity contribution in [2.45, 2.75) is 6.18 Å². The molecular formula is C24H18BrClF3N3O2S. The van der Waals surface area contributed by atoms with E-state index in [-0.39, 0.29) is 16.3 Å². The van der Waals surface area contributed by atoms with Gasteiger partial charge in [0, 0.05) is 28.1 Å². The van der Waals surface area contributed by atoms with Crippen LogP contribution in [0.4, 0.5) is 13.2 Å². The van der Waals surface area contributed by atoms with Crippen LogP contribution in [0, 0.1) is 0 Å². The van der Waals surface area contributed by atoms with Gasteiger partial charge >= 0.3 is 6.18 Å². The predicted molar refractivity (Wildman–Crippen MR) is 135 cm³/mol. The van der Waals surface area contributed by atoms with Crippen LogP contribution in [0.3, 0.4) is 0 Å². The Kier molecular flexibility index (Phi) is 7.95. The summed E-state index contributed by atoms with van der Waals surface area (Å²) in [7, 11) is 1.61. The number of thiazole rings is 1. The van der Waals surface area contributed by atoms with E-state index < -0.39 is 11.7 Å². The SMILES string of the molecule is COCCN=c1scc(-c2ccc(Br)cc2)n1N=Cc1ccc(-c2ccc(Cl)c(C(F)(F)F)c2)o1. The number of halogens is 5. The lowest BCUT2D eigenvalue weighted by Gasteiger charge is -2.09. The van der Waals surface area contributed by atoms with E-state index in [9.17, 15) is 13.2 Å². The normalized spacial score (nSPS) is 12.7. The van der Waals surface area contributed by atoms with Crippen molar-refractivity contribution >= 4 is 45.1 Å². The van der Waals surface area contributed by atoms with Gasteiger partial charge in [0.25, 0.3) is 0 Å². The van der Waals surface area contributed by atoms with Gasteiger partial charge in [-0.05, 0) is 42.5 Å². The number of methoxy groups -OCH3 is 1. The summed E-state index contributed by atoms with van der Waals surface area (Å²) in [6.45, 7) is 0.938. The van der Waals surface area contributed by atoms with E-state index in [4.69, 9.17) is 20.8 Å². The number of aromatic nitrogens is 1. The second-order valence-electron chi connectivity index (χ2n) is 7.24. The fourth-order valence-corrected chi connectivity index (χ4v) is 4.51. The van der Waals surface area contributed by atoms with E-state index in [0.29, 0.717) is 23.7 Å². The highest BCUT2D eigenvalue weighted by Gasteiger charge is 2.33. The lowest BCUT2D eigenvalue weighted by molar-refractivity contribution is -0.137. The molecule has 182 valence electrons. The summed E-state index contributed by atoms with van der Waals surface area (Å²) >= 11 is 10.6. The van der Waals surface area contributed by atoms with Gasteiger partial charge in [-0.2, -0.15) is 18.3 Å². The molecule has 0 saturated heterocycles. The molecule has 2 aromatic carbocycles. The second-order valence-corrected chi connectivity index (χ2v) is 9.40. The quantitative estimate of drug-likeness (QED) is 0.169. The van der Waals surface area contributed by atoms with Gasteiger partial charge in [0.1, 0.15) is 11.5 Å². The molecule has 0 aliphatic heterocycles. The van der Waals surface area contributed by atoms with Crippen LogP contribution in [0.5, 0.6) is 0 Å². The van der Waals surface area contributed by atoms with E-state index in [2.05, 4.69) is 26.0 Å². The second kappa shape index (κ2) is 10.9. The van der Waals surface area contributed by atoms with Crippen molar-refractivity contribution in [3.05, 3.63) is 85.6 Å². The molecule has 0 amide bonds. The summed E-state index contributed by atoms with van der Waals surface area (Å²) in [5, 5.41) is 6.14. The van der Waals surface area contributed by atoms with Crippen LogP contribution in [0.15, 0.2) is 79.0 Å². The third kappa shape index (κ3) is 6.13. The number of benzene rings is 2. The van der Waals surface area contributed by atoms with Gasteiger partial charge in [0.05, 0.1) is 35.6 Å². The van der Waals surface area contributed by atoms with Crippen molar-refractivity contribution in [2.75, 3.05) is 20.3 Å². The highest BCUT2D eigenvalue weighted by Crippen LogP contribution is 2.37. The van der Waals surface area contributed by atoms with Crippen molar-refractivity contribution in [3.8, 4) is 22.6 Å². The fraction of sp³-hybridized carbons (Fsp3) is 0.167. The first-order chi connectivity index (χ1) is 16.8. The fourth-order valence-electron chi connectivity index (χ4n) is 3.16. The van der Waals surface area contributed by atoms with Gasteiger partial charge in [-0.1, -0.05) is 39.7 Å². The van der Waals surface area contributed by atoms with Gasteiger partial charge in [-0.3, -0.25) is 4.99 Å². The molecule has 0 aliphatic rings. The minimum Gasteiger partial charge on any atom is -0.455 e. The number of rotatable bonds is 7. The summed E-state index contributed by atoms with van der Waals surface area (Å²) in [6.07, 6.45) is -3.07. The van der Waals surface area contributed by atoms with Crippen LogP contribution in [-0.4, -0.2) is 31.2 Å². The average molecular weight is 585 g/mol. The van der Waals surface area contributed by atoms with E-state index in [1.165, 1.54) is 29.7 Å². The molecule has 0 aliphatic carbocycles. The molecule has 2 aromatic heterocycles. The summed E-state index contributed by atoms with van der Waals surface area (Å²) in [4.78, 5) is 5.21. The highest BCUT2D eigenvalue weighted by molar-refractivity contribution is 9.10. The zero-order chi connectivity index (χ0) is 25.0. The van der Waals surface area contributed by atoms with Gasteiger partial charge < -0.3 is 9.15 Å². The first-order valence-corrected chi connectivity index (χ1v) is 12.3. The maximum atomic E-state index is 13.2. The van der Waals surface area contributed by atoms with Gasteiger partial charge in [0.15, 0.2) is 0 Å². The summed E-state index contributed by atoms with van der Waals surface area (Å²) in [6, 6.07) is 14.7. The van der Waals surface area contributed by atoms with Crippen molar-refractivity contribution in [3.63, 3.8) is 0 Å². The Morgan fingerprint density at radius 1 is 1.11 bits per heavy atom. The zero-order valence-corrected chi connectivity index (χ0v) is 21.4.